The quantitative estimate of drug-likeness (QED) is 0.801. The first kappa shape index (κ1) is 16.3. The normalized spacial score (nSPS) is 23.7. The van der Waals surface area contributed by atoms with Gasteiger partial charge in [-0.2, -0.15) is 0 Å². The van der Waals surface area contributed by atoms with Crippen LogP contribution in [0.3, 0.4) is 0 Å². The molecule has 1 fully saturated rings. The summed E-state index contributed by atoms with van der Waals surface area (Å²) in [6.45, 7) is 9.61. The van der Waals surface area contributed by atoms with Crippen molar-refractivity contribution in [3.05, 3.63) is 29.6 Å². The van der Waals surface area contributed by atoms with Crippen molar-refractivity contribution in [2.24, 2.45) is 5.41 Å². The van der Waals surface area contributed by atoms with Crippen LogP contribution in [0.5, 0.6) is 5.75 Å². The van der Waals surface area contributed by atoms with Crippen molar-refractivity contribution >= 4 is 0 Å². The molecule has 0 aromatic heterocycles. The van der Waals surface area contributed by atoms with E-state index in [1.807, 2.05) is 6.92 Å². The summed E-state index contributed by atoms with van der Waals surface area (Å²) >= 11 is 0. The fourth-order valence-corrected chi connectivity index (χ4v) is 3.57. The van der Waals surface area contributed by atoms with Crippen molar-refractivity contribution in [2.45, 2.75) is 65.5 Å². The van der Waals surface area contributed by atoms with E-state index in [9.17, 15) is 4.39 Å². The van der Waals surface area contributed by atoms with E-state index < -0.39 is 0 Å². The summed E-state index contributed by atoms with van der Waals surface area (Å²) in [6, 6.07) is 5.57. The molecule has 0 amide bonds. The largest absolute Gasteiger partial charge is 0.487 e. The molecule has 21 heavy (non-hydrogen) atoms. The Kier molecular flexibility index (Phi) is 5.26. The fraction of sp³-hybridized carbons (Fsp3) is 0.667. The van der Waals surface area contributed by atoms with Crippen LogP contribution in [-0.2, 0) is 0 Å². The maximum Gasteiger partial charge on any atom is 0.165 e. The number of nitrogens with one attached hydrogen (secondary N) is 1. The van der Waals surface area contributed by atoms with Gasteiger partial charge in [-0.3, -0.25) is 0 Å². The van der Waals surface area contributed by atoms with E-state index in [0.29, 0.717) is 11.8 Å². The van der Waals surface area contributed by atoms with E-state index in [2.05, 4.69) is 26.1 Å². The van der Waals surface area contributed by atoms with Crippen molar-refractivity contribution in [3.63, 3.8) is 0 Å². The third kappa shape index (κ3) is 3.08. The average Bonchev–Trinajstić information content (AvgIpc) is 2.47. The van der Waals surface area contributed by atoms with Gasteiger partial charge in [0.05, 0.1) is 0 Å². The number of rotatable bonds is 7. The first-order chi connectivity index (χ1) is 10.1. The molecule has 0 radical (unpaired) electrons. The Labute approximate surface area is 128 Å². The zero-order valence-corrected chi connectivity index (χ0v) is 13.7. The van der Waals surface area contributed by atoms with Gasteiger partial charge >= 0.3 is 0 Å². The van der Waals surface area contributed by atoms with Crippen molar-refractivity contribution in [1.82, 2.24) is 5.32 Å². The molecule has 1 saturated carbocycles. The highest BCUT2D eigenvalue weighted by Crippen LogP contribution is 2.49. The first-order valence-electron chi connectivity index (χ1n) is 8.23. The van der Waals surface area contributed by atoms with Gasteiger partial charge in [0, 0.05) is 17.9 Å². The molecule has 1 aliphatic rings. The number of benzene rings is 1. The summed E-state index contributed by atoms with van der Waals surface area (Å²) in [5.74, 6) is 0.145. The van der Waals surface area contributed by atoms with Gasteiger partial charge in [-0.25, -0.2) is 4.39 Å². The smallest absolute Gasteiger partial charge is 0.165 e. The molecule has 1 aromatic rings. The predicted molar refractivity (Wildman–Crippen MR) is 85.3 cm³/mol. The summed E-state index contributed by atoms with van der Waals surface area (Å²) in [4.78, 5) is 0. The number of aryl methyl sites for hydroxylation is 1. The van der Waals surface area contributed by atoms with E-state index in [1.54, 1.807) is 12.1 Å². The number of halogens is 1. The van der Waals surface area contributed by atoms with Crippen LogP contribution in [0.2, 0.25) is 0 Å². The minimum absolute atomic E-state index is 0.109. The second-order valence-corrected chi connectivity index (χ2v) is 6.22. The summed E-state index contributed by atoms with van der Waals surface area (Å²) in [5.41, 5.74) is 1.16. The highest BCUT2D eigenvalue weighted by atomic mass is 19.1. The lowest BCUT2D eigenvalue weighted by molar-refractivity contribution is -0.0872. The molecule has 0 aliphatic heterocycles. The molecule has 118 valence electrons. The monoisotopic (exact) mass is 293 g/mol. The van der Waals surface area contributed by atoms with E-state index in [4.69, 9.17) is 4.74 Å². The van der Waals surface area contributed by atoms with Gasteiger partial charge in [0.15, 0.2) is 11.6 Å². The van der Waals surface area contributed by atoms with E-state index in [-0.39, 0.29) is 17.3 Å². The highest BCUT2D eigenvalue weighted by Gasteiger charge is 2.54. The van der Waals surface area contributed by atoms with Gasteiger partial charge in [0.25, 0.3) is 0 Å². The molecule has 0 spiro atoms. The standard InChI is InChI=1S/C18H28FNO/c1-5-10-20-16-12-17(18(16,6-2)7-3)21-15-11-13(4)8-9-14(15)19/h8-9,11,16-17,20H,5-7,10,12H2,1-4H3. The number of hydrogen-bond acceptors (Lipinski definition) is 2. The van der Waals surface area contributed by atoms with Gasteiger partial charge in [-0.1, -0.05) is 26.8 Å². The Morgan fingerprint density at radius 3 is 2.62 bits per heavy atom. The minimum atomic E-state index is -0.258. The van der Waals surface area contributed by atoms with Crippen LogP contribution in [0.4, 0.5) is 4.39 Å². The lowest BCUT2D eigenvalue weighted by Gasteiger charge is -2.55. The molecule has 2 rings (SSSR count). The number of ether oxygens (including phenoxy) is 1. The molecular formula is C18H28FNO. The molecule has 2 atom stereocenters. The third-order valence-corrected chi connectivity index (χ3v) is 5.10. The topological polar surface area (TPSA) is 21.3 Å². The van der Waals surface area contributed by atoms with Gasteiger partial charge in [0.2, 0.25) is 0 Å². The maximum atomic E-state index is 13.9. The van der Waals surface area contributed by atoms with Crippen molar-refractivity contribution < 1.29 is 9.13 Å². The minimum Gasteiger partial charge on any atom is -0.487 e. The molecular weight excluding hydrogens is 265 g/mol. The SMILES string of the molecule is CCCNC1CC(Oc2cc(C)ccc2F)C1(CC)CC. The average molecular weight is 293 g/mol. The highest BCUT2D eigenvalue weighted by molar-refractivity contribution is 5.30. The summed E-state index contributed by atoms with van der Waals surface area (Å²) in [5, 5.41) is 3.63. The molecule has 1 aliphatic carbocycles. The van der Waals surface area contributed by atoms with Gasteiger partial charge in [0.1, 0.15) is 6.10 Å². The van der Waals surface area contributed by atoms with Crippen LogP contribution < -0.4 is 10.1 Å². The zero-order chi connectivity index (χ0) is 15.5. The third-order valence-electron chi connectivity index (χ3n) is 5.10. The van der Waals surface area contributed by atoms with Crippen LogP contribution in [0.25, 0.3) is 0 Å². The lowest BCUT2D eigenvalue weighted by atomic mass is 9.58. The summed E-state index contributed by atoms with van der Waals surface area (Å²) in [7, 11) is 0. The van der Waals surface area contributed by atoms with Crippen LogP contribution in [0, 0.1) is 18.2 Å². The van der Waals surface area contributed by atoms with Crippen molar-refractivity contribution in [1.29, 1.82) is 0 Å². The lowest BCUT2D eigenvalue weighted by Crippen LogP contribution is -2.64. The molecule has 2 nitrogen and oxygen atoms in total. The Morgan fingerprint density at radius 1 is 1.29 bits per heavy atom. The van der Waals surface area contributed by atoms with Crippen LogP contribution in [0.1, 0.15) is 52.0 Å². The van der Waals surface area contributed by atoms with Gasteiger partial charge < -0.3 is 10.1 Å². The maximum absolute atomic E-state index is 13.9. The Hall–Kier alpha value is -1.09. The predicted octanol–water partition coefficient (Wildman–Crippen LogP) is 4.46. The number of hydrogen-bond donors (Lipinski definition) is 1. The Balaban J connectivity index is 2.11. The summed E-state index contributed by atoms with van der Waals surface area (Å²) < 4.78 is 20.0. The van der Waals surface area contributed by atoms with Crippen LogP contribution >= 0.6 is 0 Å². The molecule has 0 heterocycles. The van der Waals surface area contributed by atoms with E-state index >= 15 is 0 Å². The molecule has 1 N–H and O–H groups in total. The fourth-order valence-electron chi connectivity index (χ4n) is 3.57. The first-order valence-corrected chi connectivity index (χ1v) is 8.23. The molecule has 3 heteroatoms. The Bertz CT molecular complexity index is 470. The van der Waals surface area contributed by atoms with Crippen molar-refractivity contribution in [2.75, 3.05) is 6.54 Å². The second kappa shape index (κ2) is 6.78. The van der Waals surface area contributed by atoms with Crippen molar-refractivity contribution in [3.8, 4) is 5.75 Å². The van der Waals surface area contributed by atoms with Gasteiger partial charge in [-0.05, 0) is 50.4 Å². The van der Waals surface area contributed by atoms with Crippen LogP contribution in [-0.4, -0.2) is 18.7 Å². The molecule has 0 bridgehead atoms. The van der Waals surface area contributed by atoms with Gasteiger partial charge in [-0.15, -0.1) is 0 Å². The zero-order valence-electron chi connectivity index (χ0n) is 13.7. The van der Waals surface area contributed by atoms with E-state index in [1.165, 1.54) is 6.07 Å². The molecule has 1 aromatic carbocycles. The second-order valence-electron chi connectivity index (χ2n) is 6.22. The Morgan fingerprint density at radius 2 is 2.00 bits per heavy atom. The molecule has 0 saturated heterocycles. The van der Waals surface area contributed by atoms with E-state index in [0.717, 1.165) is 37.8 Å². The van der Waals surface area contributed by atoms with Crippen LogP contribution in [0.15, 0.2) is 18.2 Å². The summed E-state index contributed by atoms with van der Waals surface area (Å²) in [6.07, 6.45) is 4.33. The molecule has 2 unspecified atom stereocenters.